The summed E-state index contributed by atoms with van der Waals surface area (Å²) in [5.74, 6) is 0.681. The van der Waals surface area contributed by atoms with Crippen LogP contribution in [-0.4, -0.2) is 48.6 Å². The molecule has 1 aromatic heterocycles. The van der Waals surface area contributed by atoms with Gasteiger partial charge in [-0.2, -0.15) is 0 Å². The van der Waals surface area contributed by atoms with Gasteiger partial charge in [-0.15, -0.1) is 35.3 Å². The average Bonchev–Trinajstić information content (AvgIpc) is 3.23. The van der Waals surface area contributed by atoms with Gasteiger partial charge in [-0.05, 0) is 30.5 Å². The molecule has 2 heterocycles. The van der Waals surface area contributed by atoms with Crippen molar-refractivity contribution in [1.29, 1.82) is 0 Å². The molecule has 140 valence electrons. The number of piperazine rings is 1. The van der Waals surface area contributed by atoms with Crippen molar-refractivity contribution < 1.29 is 0 Å². The summed E-state index contributed by atoms with van der Waals surface area (Å²) in [4.78, 5) is 13.7. The highest BCUT2D eigenvalue weighted by Gasteiger charge is 2.44. The number of guanidine groups is 1. The van der Waals surface area contributed by atoms with Gasteiger partial charge in [0, 0.05) is 47.6 Å². The first kappa shape index (κ1) is 19.9. The maximum Gasteiger partial charge on any atom is 0.191 e. The molecule has 1 saturated heterocycles. The predicted octanol–water partition coefficient (Wildman–Crippen LogP) is 3.69. The molecule has 5 nitrogen and oxygen atoms in total. The van der Waals surface area contributed by atoms with E-state index in [1.807, 2.05) is 11.6 Å². The van der Waals surface area contributed by atoms with E-state index < -0.39 is 0 Å². The van der Waals surface area contributed by atoms with E-state index in [0.29, 0.717) is 5.96 Å². The number of nitrogens with two attached hydrogens (primary N) is 1. The summed E-state index contributed by atoms with van der Waals surface area (Å²) in [6.07, 6.45) is 4.25. The van der Waals surface area contributed by atoms with E-state index in [2.05, 4.69) is 55.0 Å². The Labute approximate surface area is 183 Å². The normalized spacial score (nSPS) is 19.2. The molecule has 26 heavy (non-hydrogen) atoms. The van der Waals surface area contributed by atoms with E-state index in [0.717, 1.165) is 42.3 Å². The largest absolute Gasteiger partial charge is 0.370 e. The van der Waals surface area contributed by atoms with Gasteiger partial charge in [0.05, 0.1) is 6.54 Å². The van der Waals surface area contributed by atoms with Crippen molar-refractivity contribution in [3.63, 3.8) is 0 Å². The smallest absolute Gasteiger partial charge is 0.191 e. The molecule has 2 aromatic rings. The summed E-state index contributed by atoms with van der Waals surface area (Å²) in [6, 6.07) is 8.59. The quantitative estimate of drug-likeness (QED) is 0.360. The molecule has 1 saturated carbocycles. The molecule has 0 spiro atoms. The fraction of sp³-hybridized carbons (Fsp3) is 0.444. The van der Waals surface area contributed by atoms with Gasteiger partial charge < -0.3 is 15.5 Å². The molecule has 0 radical (unpaired) electrons. The van der Waals surface area contributed by atoms with Gasteiger partial charge in [-0.25, -0.2) is 4.98 Å². The number of aliphatic imine (C=N–C) groups is 1. The first-order valence-electron chi connectivity index (χ1n) is 8.62. The molecule has 1 aliphatic heterocycles. The number of hydrogen-bond donors (Lipinski definition) is 1. The van der Waals surface area contributed by atoms with Crippen LogP contribution in [0.5, 0.6) is 0 Å². The number of anilines is 1. The van der Waals surface area contributed by atoms with Crippen molar-refractivity contribution >= 4 is 62.3 Å². The van der Waals surface area contributed by atoms with Gasteiger partial charge in [0.15, 0.2) is 11.1 Å². The molecule has 1 aliphatic carbocycles. The number of hydrogen-bond acceptors (Lipinski definition) is 4. The molecule has 2 aliphatic rings. The molecule has 8 heteroatoms. The molecule has 0 bridgehead atoms. The van der Waals surface area contributed by atoms with Crippen molar-refractivity contribution in [2.24, 2.45) is 10.7 Å². The zero-order valence-corrected chi connectivity index (χ0v) is 19.2. The minimum absolute atomic E-state index is 0. The maximum atomic E-state index is 6.29. The number of nitrogens with zero attached hydrogens (tertiary/aromatic N) is 4. The second kappa shape index (κ2) is 8.43. The van der Waals surface area contributed by atoms with Crippen LogP contribution in [-0.2, 0) is 5.41 Å². The predicted molar refractivity (Wildman–Crippen MR) is 123 cm³/mol. The number of benzene rings is 1. The lowest BCUT2D eigenvalue weighted by Crippen LogP contribution is -2.51. The first-order chi connectivity index (χ1) is 12.2. The third-order valence-corrected chi connectivity index (χ3v) is 6.45. The van der Waals surface area contributed by atoms with E-state index in [1.54, 1.807) is 11.3 Å². The Bertz CT molecular complexity index is 755. The highest BCUT2D eigenvalue weighted by molar-refractivity contribution is 14.0. The van der Waals surface area contributed by atoms with Crippen LogP contribution in [0.3, 0.4) is 0 Å². The Kier molecular flexibility index (Phi) is 6.45. The molecular weight excluding hydrogens is 525 g/mol. The lowest BCUT2D eigenvalue weighted by molar-refractivity contribution is 0.380. The van der Waals surface area contributed by atoms with Gasteiger partial charge in [0.2, 0.25) is 0 Å². The fourth-order valence-corrected chi connectivity index (χ4v) is 4.43. The van der Waals surface area contributed by atoms with Crippen LogP contribution >= 0.6 is 51.2 Å². The highest BCUT2D eigenvalue weighted by Crippen LogP contribution is 2.48. The third kappa shape index (κ3) is 4.33. The topological polar surface area (TPSA) is 57.8 Å². The average molecular weight is 548 g/mol. The fourth-order valence-electron chi connectivity index (χ4n) is 3.34. The van der Waals surface area contributed by atoms with Crippen LogP contribution < -0.4 is 10.6 Å². The van der Waals surface area contributed by atoms with Crippen LogP contribution in [0.4, 0.5) is 5.13 Å². The van der Waals surface area contributed by atoms with E-state index in [9.17, 15) is 0 Å². The van der Waals surface area contributed by atoms with Crippen LogP contribution in [0.25, 0.3) is 0 Å². The lowest BCUT2D eigenvalue weighted by Gasteiger charge is -2.35. The molecule has 2 fully saturated rings. The van der Waals surface area contributed by atoms with Gasteiger partial charge in [-0.1, -0.05) is 28.1 Å². The molecule has 0 amide bonds. The zero-order chi connectivity index (χ0) is 17.3. The van der Waals surface area contributed by atoms with E-state index in [-0.39, 0.29) is 29.4 Å². The van der Waals surface area contributed by atoms with Crippen LogP contribution in [0.2, 0.25) is 0 Å². The summed E-state index contributed by atoms with van der Waals surface area (Å²) in [6.45, 7) is 4.47. The summed E-state index contributed by atoms with van der Waals surface area (Å²) in [5.41, 5.74) is 7.85. The number of aromatic nitrogens is 1. The Morgan fingerprint density at radius 1 is 1.27 bits per heavy atom. The van der Waals surface area contributed by atoms with Crippen molar-refractivity contribution in [3.8, 4) is 0 Å². The molecule has 0 unspecified atom stereocenters. The van der Waals surface area contributed by atoms with Crippen molar-refractivity contribution in [2.45, 2.75) is 18.3 Å². The third-order valence-electron chi connectivity index (χ3n) is 5.13. The SMILES string of the molecule is I.NC(=NCC1(c2cccc(Br)c2)CC1)N1CCN(c2nccs2)CC1. The monoisotopic (exact) mass is 547 g/mol. The van der Waals surface area contributed by atoms with E-state index >= 15 is 0 Å². The minimum atomic E-state index is 0. The minimum Gasteiger partial charge on any atom is -0.370 e. The van der Waals surface area contributed by atoms with Crippen molar-refractivity contribution in [1.82, 2.24) is 9.88 Å². The molecule has 2 N–H and O–H groups in total. The standard InChI is InChI=1S/C18H22BrN5S.HI/c19-15-3-1-2-14(12-15)18(4-5-18)13-22-16(20)23-7-9-24(10-8-23)17-21-6-11-25-17;/h1-3,6,11-12H,4-5,7-10,13H2,(H2,20,22);1H. The molecule has 1 aromatic carbocycles. The Morgan fingerprint density at radius 2 is 2.04 bits per heavy atom. The number of halogens is 2. The van der Waals surface area contributed by atoms with Crippen molar-refractivity contribution in [3.05, 3.63) is 45.9 Å². The molecular formula is C18H23BrIN5S. The van der Waals surface area contributed by atoms with Crippen LogP contribution in [0, 0.1) is 0 Å². The Morgan fingerprint density at radius 3 is 2.65 bits per heavy atom. The number of rotatable bonds is 4. The van der Waals surface area contributed by atoms with Gasteiger partial charge in [-0.3, -0.25) is 4.99 Å². The summed E-state index contributed by atoms with van der Waals surface area (Å²) in [5, 5.41) is 3.12. The van der Waals surface area contributed by atoms with Gasteiger partial charge in [0.1, 0.15) is 0 Å². The van der Waals surface area contributed by atoms with Crippen LogP contribution in [0.1, 0.15) is 18.4 Å². The van der Waals surface area contributed by atoms with Crippen molar-refractivity contribution in [2.75, 3.05) is 37.6 Å². The molecule has 0 atom stereocenters. The second-order valence-electron chi connectivity index (χ2n) is 6.75. The summed E-state index contributed by atoms with van der Waals surface area (Å²) in [7, 11) is 0. The number of thiazole rings is 1. The summed E-state index contributed by atoms with van der Waals surface area (Å²) < 4.78 is 1.13. The van der Waals surface area contributed by atoms with Gasteiger partial charge >= 0.3 is 0 Å². The summed E-state index contributed by atoms with van der Waals surface area (Å²) >= 11 is 5.26. The van der Waals surface area contributed by atoms with E-state index in [1.165, 1.54) is 18.4 Å². The van der Waals surface area contributed by atoms with Crippen LogP contribution in [0.15, 0.2) is 45.3 Å². The first-order valence-corrected chi connectivity index (χ1v) is 10.3. The van der Waals surface area contributed by atoms with Gasteiger partial charge in [0.25, 0.3) is 0 Å². The highest BCUT2D eigenvalue weighted by atomic mass is 127. The second-order valence-corrected chi connectivity index (χ2v) is 8.54. The maximum absolute atomic E-state index is 6.29. The molecule has 4 rings (SSSR count). The Balaban J connectivity index is 0.00000196. The Hall–Kier alpha value is -0.870. The zero-order valence-electron chi connectivity index (χ0n) is 14.5. The lowest BCUT2D eigenvalue weighted by atomic mass is 9.96. The van der Waals surface area contributed by atoms with E-state index in [4.69, 9.17) is 10.7 Å².